The second-order valence-corrected chi connectivity index (χ2v) is 3.75. The quantitative estimate of drug-likeness (QED) is 0.520. The summed E-state index contributed by atoms with van der Waals surface area (Å²) in [5, 5.41) is 13.2. The Balaban J connectivity index is 2.33. The average molecular weight is 280 g/mol. The molecule has 8 nitrogen and oxygen atoms in total. The fourth-order valence-corrected chi connectivity index (χ4v) is 1.47. The van der Waals surface area contributed by atoms with E-state index >= 15 is 0 Å². The van der Waals surface area contributed by atoms with Gasteiger partial charge in [0.25, 0.3) is 11.6 Å². The molecule has 2 aromatic rings. The first-order valence-corrected chi connectivity index (χ1v) is 5.32. The molecule has 1 amide bonds. The summed E-state index contributed by atoms with van der Waals surface area (Å²) in [4.78, 5) is 33.0. The van der Waals surface area contributed by atoms with Crippen LogP contribution in [0.4, 0.5) is 11.4 Å². The van der Waals surface area contributed by atoms with Gasteiger partial charge in [0.05, 0.1) is 23.0 Å². The van der Waals surface area contributed by atoms with Gasteiger partial charge >= 0.3 is 0 Å². The number of halogens is 1. The Morgan fingerprint density at radius 1 is 1.32 bits per heavy atom. The van der Waals surface area contributed by atoms with Crippen molar-refractivity contribution in [2.75, 3.05) is 5.32 Å². The fourth-order valence-electron chi connectivity index (χ4n) is 1.31. The number of hydrogen-bond acceptors (Lipinski definition) is 6. The van der Waals surface area contributed by atoms with Gasteiger partial charge in [-0.1, -0.05) is 11.6 Å². The Kier molecular flexibility index (Phi) is 3.62. The lowest BCUT2D eigenvalue weighted by molar-refractivity contribution is -0.385. The van der Waals surface area contributed by atoms with Crippen molar-refractivity contribution < 1.29 is 9.72 Å². The smallest absolute Gasteiger partial charge is 0.300 e. The lowest BCUT2D eigenvalue weighted by Gasteiger charge is -2.04. The number of rotatable bonds is 3. The molecule has 2 rings (SSSR count). The lowest BCUT2D eigenvalue weighted by atomic mass is 10.2. The van der Waals surface area contributed by atoms with Gasteiger partial charge in [0.2, 0.25) is 0 Å². The second-order valence-electron chi connectivity index (χ2n) is 3.36. The lowest BCUT2D eigenvalue weighted by Crippen LogP contribution is -2.14. The summed E-state index contributed by atoms with van der Waals surface area (Å²) in [5.74, 6) is -0.689. The van der Waals surface area contributed by atoms with Crippen LogP contribution in [0, 0.1) is 10.1 Å². The van der Waals surface area contributed by atoms with Gasteiger partial charge in [0.15, 0.2) is 0 Å². The summed E-state index contributed by atoms with van der Waals surface area (Å²) in [6.45, 7) is 0. The van der Waals surface area contributed by atoms with E-state index in [9.17, 15) is 14.9 Å². The predicted octanol–water partition coefficient (Wildman–Crippen LogP) is 1.69. The Morgan fingerprint density at radius 3 is 2.63 bits per heavy atom. The van der Waals surface area contributed by atoms with Gasteiger partial charge in [-0.3, -0.25) is 14.9 Å². The molecule has 0 aliphatic heterocycles. The third-order valence-electron chi connectivity index (χ3n) is 2.11. The van der Waals surface area contributed by atoms with Crippen LogP contribution in [0.3, 0.4) is 0 Å². The number of pyridine rings is 1. The molecule has 0 unspecified atom stereocenters. The molecule has 0 saturated heterocycles. The maximum absolute atomic E-state index is 11.9. The summed E-state index contributed by atoms with van der Waals surface area (Å²) >= 11 is 5.63. The minimum Gasteiger partial charge on any atom is -0.319 e. The number of anilines is 1. The van der Waals surface area contributed by atoms with Crippen LogP contribution in [0.1, 0.15) is 10.4 Å². The predicted molar refractivity (Wildman–Crippen MR) is 65.9 cm³/mol. The van der Waals surface area contributed by atoms with Crippen LogP contribution in [0.15, 0.2) is 31.0 Å². The van der Waals surface area contributed by atoms with Crippen LogP contribution >= 0.6 is 11.6 Å². The molecule has 19 heavy (non-hydrogen) atoms. The molecule has 0 spiro atoms. The molecule has 0 fully saturated rings. The molecular weight excluding hydrogens is 274 g/mol. The highest BCUT2D eigenvalue weighted by Gasteiger charge is 2.21. The molecule has 0 aromatic carbocycles. The monoisotopic (exact) mass is 279 g/mol. The van der Waals surface area contributed by atoms with Gasteiger partial charge in [0.1, 0.15) is 23.2 Å². The largest absolute Gasteiger partial charge is 0.319 e. The highest BCUT2D eigenvalue weighted by atomic mass is 35.5. The van der Waals surface area contributed by atoms with Gasteiger partial charge < -0.3 is 5.32 Å². The maximum atomic E-state index is 11.9. The number of hydrogen-bond donors (Lipinski definition) is 1. The van der Waals surface area contributed by atoms with E-state index in [4.69, 9.17) is 11.6 Å². The van der Waals surface area contributed by atoms with E-state index in [0.717, 1.165) is 12.3 Å². The third kappa shape index (κ3) is 2.99. The maximum Gasteiger partial charge on any atom is 0.300 e. The Labute approximate surface area is 111 Å². The number of nitrogens with zero attached hydrogens (tertiary/aromatic N) is 4. The molecule has 96 valence electrons. The summed E-state index contributed by atoms with van der Waals surface area (Å²) in [6.07, 6.45) is 4.94. The first-order valence-electron chi connectivity index (χ1n) is 4.94. The molecule has 1 N–H and O–H groups in total. The zero-order chi connectivity index (χ0) is 13.8. The van der Waals surface area contributed by atoms with Crippen molar-refractivity contribution in [2.45, 2.75) is 0 Å². The van der Waals surface area contributed by atoms with E-state index in [-0.39, 0.29) is 10.7 Å². The topological polar surface area (TPSA) is 111 Å². The first-order chi connectivity index (χ1) is 9.08. The Hall–Kier alpha value is -2.61. The Morgan fingerprint density at radius 2 is 2.00 bits per heavy atom. The first kappa shape index (κ1) is 12.8. The molecule has 2 heterocycles. The minimum atomic E-state index is -0.709. The number of carbonyl (C=O) groups is 1. The van der Waals surface area contributed by atoms with Gasteiger partial charge in [-0.25, -0.2) is 15.0 Å². The second kappa shape index (κ2) is 5.36. The molecule has 0 aliphatic carbocycles. The van der Waals surface area contributed by atoms with Crippen LogP contribution in [0.5, 0.6) is 0 Å². The van der Waals surface area contributed by atoms with Gasteiger partial charge in [-0.2, -0.15) is 0 Å². The van der Waals surface area contributed by atoms with Crippen molar-refractivity contribution in [1.82, 2.24) is 15.0 Å². The van der Waals surface area contributed by atoms with Crippen molar-refractivity contribution in [3.8, 4) is 0 Å². The molecular formula is C10H6ClN5O3. The Bertz CT molecular complexity index is 634. The van der Waals surface area contributed by atoms with Gasteiger partial charge in [0, 0.05) is 0 Å². The minimum absolute atomic E-state index is 0.0138. The van der Waals surface area contributed by atoms with E-state index in [2.05, 4.69) is 20.3 Å². The molecule has 0 atom stereocenters. The standard InChI is InChI=1S/C10H6ClN5O3/c11-9-1-7(8(4-14-9)16(18)19)10(17)15-6-2-12-5-13-3-6/h1-5H,(H,15,17). The van der Waals surface area contributed by atoms with Crippen LogP contribution in [0.2, 0.25) is 5.15 Å². The number of nitro groups is 1. The molecule has 0 aliphatic rings. The van der Waals surface area contributed by atoms with E-state index in [1.807, 2.05) is 0 Å². The van der Waals surface area contributed by atoms with Crippen LogP contribution in [-0.2, 0) is 0 Å². The average Bonchev–Trinajstić information content (AvgIpc) is 2.39. The number of aromatic nitrogens is 3. The number of amides is 1. The summed E-state index contributed by atoms with van der Waals surface area (Å²) in [7, 11) is 0. The third-order valence-corrected chi connectivity index (χ3v) is 2.32. The van der Waals surface area contributed by atoms with E-state index in [0.29, 0.717) is 5.69 Å². The molecule has 2 aromatic heterocycles. The molecule has 0 radical (unpaired) electrons. The zero-order valence-corrected chi connectivity index (χ0v) is 10.0. The molecule has 0 saturated carbocycles. The SMILES string of the molecule is O=C(Nc1cncnc1)c1cc(Cl)ncc1[N+](=O)[O-]. The highest BCUT2D eigenvalue weighted by Crippen LogP contribution is 2.21. The van der Waals surface area contributed by atoms with E-state index < -0.39 is 16.5 Å². The summed E-state index contributed by atoms with van der Waals surface area (Å²) in [5.41, 5.74) is -0.303. The van der Waals surface area contributed by atoms with Gasteiger partial charge in [-0.05, 0) is 6.07 Å². The van der Waals surface area contributed by atoms with E-state index in [1.54, 1.807) is 0 Å². The van der Waals surface area contributed by atoms with Gasteiger partial charge in [-0.15, -0.1) is 0 Å². The van der Waals surface area contributed by atoms with Crippen LogP contribution < -0.4 is 5.32 Å². The van der Waals surface area contributed by atoms with Crippen molar-refractivity contribution in [3.05, 3.63) is 51.8 Å². The van der Waals surface area contributed by atoms with Crippen molar-refractivity contribution in [2.24, 2.45) is 0 Å². The van der Waals surface area contributed by atoms with Crippen molar-refractivity contribution in [1.29, 1.82) is 0 Å². The summed E-state index contributed by atoms with van der Waals surface area (Å²) in [6, 6.07) is 1.12. The fraction of sp³-hybridized carbons (Fsp3) is 0. The van der Waals surface area contributed by atoms with Crippen LogP contribution in [0.25, 0.3) is 0 Å². The van der Waals surface area contributed by atoms with Crippen molar-refractivity contribution in [3.63, 3.8) is 0 Å². The van der Waals surface area contributed by atoms with Crippen LogP contribution in [-0.4, -0.2) is 25.8 Å². The van der Waals surface area contributed by atoms with Crippen molar-refractivity contribution >= 4 is 28.9 Å². The zero-order valence-electron chi connectivity index (χ0n) is 9.28. The highest BCUT2D eigenvalue weighted by molar-refractivity contribution is 6.30. The molecule has 9 heteroatoms. The number of nitrogens with one attached hydrogen (secondary N) is 1. The summed E-state index contributed by atoms with van der Waals surface area (Å²) < 4.78 is 0. The van der Waals surface area contributed by atoms with E-state index in [1.165, 1.54) is 18.7 Å². The molecule has 0 bridgehead atoms. The number of carbonyl (C=O) groups excluding carboxylic acids is 1. The normalized spacial score (nSPS) is 9.95.